The van der Waals surface area contributed by atoms with Gasteiger partial charge in [-0.25, -0.2) is 0 Å². The van der Waals surface area contributed by atoms with Crippen molar-refractivity contribution in [1.29, 1.82) is 0 Å². The maximum Gasteiger partial charge on any atom is 0.160 e. The molecule has 2 fully saturated rings. The SMILES string of the molecule is COc1cc2c(cc1O)C(CCC(O)CCC1=CCNC(N)=C1)C#CC(C(O)CCCC(CCCO)C1CNC3CC(=O)CCC3C1)C(=O)CC2. The number of dihydropyridines is 1. The highest BCUT2D eigenvalue weighted by atomic mass is 16.5. The summed E-state index contributed by atoms with van der Waals surface area (Å²) in [6.07, 6.45) is 12.5. The molecule has 1 aromatic rings. The summed E-state index contributed by atoms with van der Waals surface area (Å²) < 4.78 is 5.39. The van der Waals surface area contributed by atoms with E-state index in [0.717, 1.165) is 61.8 Å². The van der Waals surface area contributed by atoms with Gasteiger partial charge in [-0.2, -0.15) is 0 Å². The van der Waals surface area contributed by atoms with E-state index in [2.05, 4.69) is 28.6 Å². The van der Waals surface area contributed by atoms with Crippen LogP contribution in [0.15, 0.2) is 35.7 Å². The van der Waals surface area contributed by atoms with Crippen LogP contribution in [-0.4, -0.2) is 77.0 Å². The molecule has 4 aliphatic rings. The number of Topliss-reactive ketones (excluding diaryl/α,β-unsaturated/α-hetero) is 2. The smallest absolute Gasteiger partial charge is 0.160 e. The van der Waals surface area contributed by atoms with Crippen molar-refractivity contribution in [3.8, 4) is 23.3 Å². The van der Waals surface area contributed by atoms with Crippen molar-refractivity contribution < 1.29 is 34.8 Å². The lowest BCUT2D eigenvalue weighted by Gasteiger charge is -2.42. The van der Waals surface area contributed by atoms with Crippen molar-refractivity contribution in [3.63, 3.8) is 0 Å². The van der Waals surface area contributed by atoms with Crippen LogP contribution in [0.5, 0.6) is 11.5 Å². The van der Waals surface area contributed by atoms with Gasteiger partial charge in [-0.1, -0.05) is 30.8 Å². The molecular formula is C41H59N3O7. The molecule has 2 heterocycles. The molecule has 280 valence electrons. The maximum absolute atomic E-state index is 13.6. The predicted octanol–water partition coefficient (Wildman–Crippen LogP) is 4.14. The van der Waals surface area contributed by atoms with E-state index >= 15 is 0 Å². The van der Waals surface area contributed by atoms with Gasteiger partial charge in [0.25, 0.3) is 0 Å². The molecule has 0 bridgehead atoms. The number of allylic oxidation sites excluding steroid dienone is 2. The van der Waals surface area contributed by atoms with E-state index in [1.54, 1.807) is 12.1 Å². The summed E-state index contributed by atoms with van der Waals surface area (Å²) in [6, 6.07) is 3.74. The molecule has 10 nitrogen and oxygen atoms in total. The van der Waals surface area contributed by atoms with Crippen molar-refractivity contribution in [1.82, 2.24) is 10.6 Å². The van der Waals surface area contributed by atoms with Crippen LogP contribution in [0.2, 0.25) is 0 Å². The van der Waals surface area contributed by atoms with Crippen LogP contribution in [0.4, 0.5) is 0 Å². The number of carbonyl (C=O) groups is 2. The van der Waals surface area contributed by atoms with Crippen molar-refractivity contribution in [2.24, 2.45) is 29.4 Å². The van der Waals surface area contributed by atoms with E-state index in [1.807, 2.05) is 6.08 Å². The Morgan fingerprint density at radius 1 is 1.04 bits per heavy atom. The second-order valence-electron chi connectivity index (χ2n) is 15.2. The summed E-state index contributed by atoms with van der Waals surface area (Å²) in [5.74, 6) is 7.93. The van der Waals surface area contributed by atoms with E-state index in [0.29, 0.717) is 93.0 Å². The number of fused-ring (bicyclic) bond motifs is 2. The van der Waals surface area contributed by atoms with Gasteiger partial charge in [0.1, 0.15) is 11.7 Å². The quantitative estimate of drug-likeness (QED) is 0.124. The molecule has 0 aromatic heterocycles. The lowest BCUT2D eigenvalue weighted by atomic mass is 9.70. The van der Waals surface area contributed by atoms with E-state index < -0.39 is 18.1 Å². The third kappa shape index (κ3) is 10.8. The first-order valence-corrected chi connectivity index (χ1v) is 19.2. The number of piperidine rings is 1. The normalized spacial score (nSPS) is 26.7. The van der Waals surface area contributed by atoms with Gasteiger partial charge in [0.05, 0.1) is 25.1 Å². The summed E-state index contributed by atoms with van der Waals surface area (Å²) in [5.41, 5.74) is 8.69. The zero-order valence-electron chi connectivity index (χ0n) is 30.2. The standard InChI is InChI=1S/C41H59N3O7/c1-51-40-22-29-11-16-38(49)34(15-10-28(35(29)24-39(40)50)8-13-32(46)12-7-26-17-18-43-41(42)20-26)37(48)6-2-4-27(5-3-19-45)31-21-30-9-14-33(47)23-36(30)44-25-31/h17,20,22,24,27-28,30-32,34,36-37,43-46,48,50H,2-9,11-14,16,18-19,21,23,25,42H2,1H3. The number of ether oxygens (including phenoxy) is 1. The number of carbonyl (C=O) groups excluding carboxylic acids is 2. The van der Waals surface area contributed by atoms with E-state index in [-0.39, 0.29) is 36.5 Å². The minimum atomic E-state index is -0.907. The molecule has 1 saturated carbocycles. The number of aliphatic hydroxyl groups excluding tert-OH is 3. The number of aryl methyl sites for hydroxylation is 1. The lowest BCUT2D eigenvalue weighted by molar-refractivity contribution is -0.124. The van der Waals surface area contributed by atoms with Crippen LogP contribution < -0.4 is 21.1 Å². The molecule has 0 spiro atoms. The summed E-state index contributed by atoms with van der Waals surface area (Å²) in [5, 5.41) is 49.4. The van der Waals surface area contributed by atoms with Gasteiger partial charge in [-0.3, -0.25) is 9.59 Å². The summed E-state index contributed by atoms with van der Waals surface area (Å²) in [6.45, 7) is 1.70. The monoisotopic (exact) mass is 705 g/mol. The molecule has 0 radical (unpaired) electrons. The van der Waals surface area contributed by atoms with Crippen molar-refractivity contribution >= 4 is 11.6 Å². The number of nitrogens with two attached hydrogens (primary N) is 1. The fourth-order valence-electron chi connectivity index (χ4n) is 8.69. The number of phenolic OH excluding ortho intramolecular Hbond substituents is 1. The van der Waals surface area contributed by atoms with Crippen LogP contribution in [0.1, 0.15) is 107 Å². The van der Waals surface area contributed by atoms with Gasteiger partial charge < -0.3 is 41.5 Å². The zero-order chi connectivity index (χ0) is 36.3. The summed E-state index contributed by atoms with van der Waals surface area (Å²) in [4.78, 5) is 25.6. The topological polar surface area (TPSA) is 174 Å². The molecule has 51 heavy (non-hydrogen) atoms. The van der Waals surface area contributed by atoms with Gasteiger partial charge >= 0.3 is 0 Å². The molecule has 0 amide bonds. The van der Waals surface area contributed by atoms with E-state index in [9.17, 15) is 30.0 Å². The number of ketones is 2. The third-order valence-corrected chi connectivity index (χ3v) is 11.7. The number of hydrogen-bond donors (Lipinski definition) is 7. The number of nitrogens with one attached hydrogen (secondary N) is 2. The van der Waals surface area contributed by atoms with Crippen LogP contribution in [0, 0.1) is 35.5 Å². The minimum absolute atomic E-state index is 0.00407. The fraction of sp³-hybridized carbons (Fsp3) is 0.659. The predicted molar refractivity (Wildman–Crippen MR) is 197 cm³/mol. The Balaban J connectivity index is 1.24. The average molecular weight is 706 g/mol. The van der Waals surface area contributed by atoms with Crippen molar-refractivity contribution in [2.45, 2.75) is 120 Å². The lowest BCUT2D eigenvalue weighted by Crippen LogP contribution is -2.50. The second-order valence-corrected chi connectivity index (χ2v) is 15.2. The highest BCUT2D eigenvalue weighted by Crippen LogP contribution is 2.39. The van der Waals surface area contributed by atoms with Crippen LogP contribution >= 0.6 is 0 Å². The second kappa shape index (κ2) is 18.9. The molecule has 2 aliphatic carbocycles. The first-order valence-electron chi connectivity index (χ1n) is 19.2. The van der Waals surface area contributed by atoms with Gasteiger partial charge in [0.15, 0.2) is 17.3 Å². The number of aliphatic hydroxyl groups is 3. The van der Waals surface area contributed by atoms with Crippen molar-refractivity contribution in [3.05, 3.63) is 46.8 Å². The Labute approximate surface area is 303 Å². The van der Waals surface area contributed by atoms with Gasteiger partial charge in [-0.15, -0.1) is 0 Å². The number of aromatic hydroxyl groups is 1. The molecule has 8 unspecified atom stereocenters. The Hall–Kier alpha value is -3.36. The van der Waals surface area contributed by atoms with Crippen LogP contribution in [0.25, 0.3) is 0 Å². The number of hydrogen-bond acceptors (Lipinski definition) is 10. The van der Waals surface area contributed by atoms with E-state index in [1.165, 1.54) is 7.11 Å². The molecule has 5 rings (SSSR count). The maximum atomic E-state index is 13.6. The fourth-order valence-corrected chi connectivity index (χ4v) is 8.69. The Bertz CT molecular complexity index is 1480. The van der Waals surface area contributed by atoms with Gasteiger partial charge in [-0.05, 0) is 123 Å². The molecule has 8 atom stereocenters. The van der Waals surface area contributed by atoms with Crippen LogP contribution in [-0.2, 0) is 16.0 Å². The molecule has 2 aliphatic heterocycles. The highest BCUT2D eigenvalue weighted by molar-refractivity contribution is 5.85. The Kier molecular flexibility index (Phi) is 14.4. The van der Waals surface area contributed by atoms with Gasteiger partial charge in [0.2, 0.25) is 0 Å². The molecule has 8 N–H and O–H groups in total. The third-order valence-electron chi connectivity index (χ3n) is 11.7. The summed E-state index contributed by atoms with van der Waals surface area (Å²) in [7, 11) is 1.50. The first kappa shape index (κ1) is 38.9. The first-order chi connectivity index (χ1) is 24.6. The molecular weight excluding hydrogens is 646 g/mol. The largest absolute Gasteiger partial charge is 0.504 e. The number of rotatable bonds is 16. The highest BCUT2D eigenvalue weighted by Gasteiger charge is 2.37. The average Bonchev–Trinajstić information content (AvgIpc) is 3.18. The Morgan fingerprint density at radius 3 is 2.65 bits per heavy atom. The van der Waals surface area contributed by atoms with Gasteiger partial charge in [0, 0.05) is 44.4 Å². The molecule has 1 saturated heterocycles. The minimum Gasteiger partial charge on any atom is -0.504 e. The molecule has 1 aromatic carbocycles. The number of methoxy groups -OCH3 is 1. The number of phenols is 1. The number of benzene rings is 1. The summed E-state index contributed by atoms with van der Waals surface area (Å²) >= 11 is 0. The van der Waals surface area contributed by atoms with Crippen molar-refractivity contribution in [2.75, 3.05) is 26.8 Å². The Morgan fingerprint density at radius 2 is 1.86 bits per heavy atom. The van der Waals surface area contributed by atoms with Crippen LogP contribution in [0.3, 0.4) is 0 Å². The molecule has 10 heteroatoms. The van der Waals surface area contributed by atoms with E-state index in [4.69, 9.17) is 10.5 Å². The zero-order valence-corrected chi connectivity index (χ0v) is 30.2.